The zero-order chi connectivity index (χ0) is 9.14. The number of benzene rings is 1. The van der Waals surface area contributed by atoms with E-state index < -0.39 is 0 Å². The molecule has 0 aliphatic rings. The van der Waals surface area contributed by atoms with Crippen LogP contribution in [-0.4, -0.2) is 13.4 Å². The van der Waals surface area contributed by atoms with Crippen LogP contribution in [0.4, 0.5) is 4.39 Å². The molecule has 0 aliphatic carbocycles. The largest absolute Gasteiger partial charge is 0.495 e. The summed E-state index contributed by atoms with van der Waals surface area (Å²) in [6.07, 6.45) is 1.83. The fourth-order valence-electron chi connectivity index (χ4n) is 1.05. The van der Waals surface area contributed by atoms with Gasteiger partial charge in [0.25, 0.3) is 0 Å². The van der Waals surface area contributed by atoms with Crippen LogP contribution in [0.2, 0.25) is 0 Å². The lowest BCUT2D eigenvalue weighted by Gasteiger charge is -2.07. The number of hydrogen-bond donors (Lipinski definition) is 0. The monoisotopic (exact) mass is 186 g/mol. The van der Waals surface area contributed by atoms with E-state index in [1.807, 2.05) is 19.2 Å². The molecule has 0 N–H and O–H groups in total. The zero-order valence-corrected chi connectivity index (χ0v) is 8.17. The fraction of sp³-hybridized carbons (Fsp3) is 0.333. The van der Waals surface area contributed by atoms with Crippen LogP contribution in [-0.2, 0) is 0 Å². The Bertz CT molecular complexity index is 286. The molecule has 0 spiro atoms. The Kier molecular flexibility index (Phi) is 2.98. The normalized spacial score (nSPS) is 10.0. The maximum atomic E-state index is 13.2. The minimum Gasteiger partial charge on any atom is -0.495 e. The third-order valence-corrected chi connectivity index (χ3v) is 2.38. The Balaban J connectivity index is 3.24. The summed E-state index contributed by atoms with van der Waals surface area (Å²) in [5.74, 6) is 0.402. The van der Waals surface area contributed by atoms with Gasteiger partial charge in [0.2, 0.25) is 0 Å². The third kappa shape index (κ3) is 1.72. The topological polar surface area (TPSA) is 9.23 Å². The highest BCUT2D eigenvalue weighted by Crippen LogP contribution is 2.31. The van der Waals surface area contributed by atoms with E-state index in [1.54, 1.807) is 7.11 Å². The average Bonchev–Trinajstić information content (AvgIpc) is 2.03. The first-order valence-electron chi connectivity index (χ1n) is 3.57. The number of rotatable bonds is 2. The summed E-state index contributed by atoms with van der Waals surface area (Å²) in [7, 11) is 1.55. The lowest BCUT2D eigenvalue weighted by atomic mass is 10.2. The van der Waals surface area contributed by atoms with Crippen molar-refractivity contribution in [2.75, 3.05) is 13.4 Å². The van der Waals surface area contributed by atoms with Crippen molar-refractivity contribution >= 4 is 11.8 Å². The first-order chi connectivity index (χ1) is 5.69. The van der Waals surface area contributed by atoms with Gasteiger partial charge < -0.3 is 4.74 Å². The molecule has 0 heterocycles. The van der Waals surface area contributed by atoms with Crippen LogP contribution in [0.25, 0.3) is 0 Å². The Morgan fingerprint density at radius 1 is 1.42 bits per heavy atom. The van der Waals surface area contributed by atoms with E-state index in [9.17, 15) is 4.39 Å². The predicted molar refractivity (Wildman–Crippen MR) is 49.5 cm³/mol. The average molecular weight is 186 g/mol. The van der Waals surface area contributed by atoms with Crippen molar-refractivity contribution in [2.24, 2.45) is 0 Å². The van der Waals surface area contributed by atoms with Gasteiger partial charge in [0.1, 0.15) is 11.6 Å². The highest BCUT2D eigenvalue weighted by Gasteiger charge is 2.08. The number of halogens is 1. The predicted octanol–water partition coefficient (Wildman–Crippen LogP) is 2.86. The van der Waals surface area contributed by atoms with Crippen LogP contribution < -0.4 is 4.74 Å². The van der Waals surface area contributed by atoms with Gasteiger partial charge in [0.15, 0.2) is 0 Å². The highest BCUT2D eigenvalue weighted by molar-refractivity contribution is 7.98. The number of hydrogen-bond acceptors (Lipinski definition) is 2. The maximum Gasteiger partial charge on any atom is 0.140 e. The first-order valence-corrected chi connectivity index (χ1v) is 4.79. The second-order valence-corrected chi connectivity index (χ2v) is 3.30. The smallest absolute Gasteiger partial charge is 0.140 e. The van der Waals surface area contributed by atoms with Crippen molar-refractivity contribution < 1.29 is 9.13 Å². The molecule has 0 bridgehead atoms. The Labute approximate surface area is 75.9 Å². The summed E-state index contributed by atoms with van der Waals surface area (Å²) in [5, 5.41) is 0. The van der Waals surface area contributed by atoms with E-state index in [2.05, 4.69) is 0 Å². The van der Waals surface area contributed by atoms with E-state index in [4.69, 9.17) is 4.74 Å². The van der Waals surface area contributed by atoms with E-state index >= 15 is 0 Å². The van der Waals surface area contributed by atoms with Gasteiger partial charge >= 0.3 is 0 Å². The zero-order valence-electron chi connectivity index (χ0n) is 7.35. The molecule has 1 aromatic carbocycles. The standard InChI is InChI=1S/C9H11FOS/c1-6-4-7(10)9(12-3)8(5-6)11-2/h4-5H,1-3H3. The minimum absolute atomic E-state index is 0.209. The van der Waals surface area contributed by atoms with Gasteiger partial charge in [-0.05, 0) is 30.9 Å². The van der Waals surface area contributed by atoms with Crippen LogP contribution in [0.1, 0.15) is 5.56 Å². The van der Waals surface area contributed by atoms with Crippen molar-refractivity contribution in [2.45, 2.75) is 11.8 Å². The highest BCUT2D eigenvalue weighted by atomic mass is 32.2. The molecule has 0 aromatic heterocycles. The molecule has 1 rings (SSSR count). The van der Waals surface area contributed by atoms with Crippen molar-refractivity contribution in [3.63, 3.8) is 0 Å². The second-order valence-electron chi connectivity index (χ2n) is 2.48. The molecule has 66 valence electrons. The maximum absolute atomic E-state index is 13.2. The Morgan fingerprint density at radius 3 is 2.58 bits per heavy atom. The summed E-state index contributed by atoms with van der Waals surface area (Å²) in [5.41, 5.74) is 0.877. The lowest BCUT2D eigenvalue weighted by Crippen LogP contribution is -1.90. The van der Waals surface area contributed by atoms with Crippen molar-refractivity contribution in [1.29, 1.82) is 0 Å². The molecular weight excluding hydrogens is 175 g/mol. The molecular formula is C9H11FOS. The van der Waals surface area contributed by atoms with Crippen molar-refractivity contribution in [1.82, 2.24) is 0 Å². The van der Waals surface area contributed by atoms with E-state index in [1.165, 1.54) is 17.8 Å². The molecule has 3 heteroatoms. The van der Waals surface area contributed by atoms with Gasteiger partial charge in [-0.15, -0.1) is 11.8 Å². The lowest BCUT2D eigenvalue weighted by molar-refractivity contribution is 0.397. The summed E-state index contributed by atoms with van der Waals surface area (Å²) in [6.45, 7) is 1.84. The van der Waals surface area contributed by atoms with E-state index in [-0.39, 0.29) is 5.82 Å². The molecule has 0 amide bonds. The van der Waals surface area contributed by atoms with Gasteiger partial charge in [-0.3, -0.25) is 0 Å². The molecule has 0 unspecified atom stereocenters. The van der Waals surface area contributed by atoms with Gasteiger partial charge in [-0.25, -0.2) is 4.39 Å². The second kappa shape index (κ2) is 3.81. The quantitative estimate of drug-likeness (QED) is 0.657. The van der Waals surface area contributed by atoms with Gasteiger partial charge in [-0.1, -0.05) is 0 Å². The van der Waals surface area contributed by atoms with Crippen LogP contribution in [0.5, 0.6) is 5.75 Å². The molecule has 0 aliphatic heterocycles. The summed E-state index contributed by atoms with van der Waals surface area (Å²) < 4.78 is 18.2. The van der Waals surface area contributed by atoms with Crippen LogP contribution in [0, 0.1) is 12.7 Å². The van der Waals surface area contributed by atoms with Crippen LogP contribution >= 0.6 is 11.8 Å². The third-order valence-electron chi connectivity index (χ3n) is 1.58. The Hall–Kier alpha value is -0.700. The molecule has 0 saturated heterocycles. The molecule has 0 fully saturated rings. The number of thioether (sulfide) groups is 1. The Morgan fingerprint density at radius 2 is 2.08 bits per heavy atom. The van der Waals surface area contributed by atoms with Crippen molar-refractivity contribution in [3.05, 3.63) is 23.5 Å². The fourth-order valence-corrected chi connectivity index (χ4v) is 1.64. The van der Waals surface area contributed by atoms with Crippen molar-refractivity contribution in [3.8, 4) is 5.75 Å². The first kappa shape index (κ1) is 9.39. The molecule has 1 aromatic rings. The summed E-state index contributed by atoms with van der Waals surface area (Å²) in [4.78, 5) is 0.572. The number of methoxy groups -OCH3 is 1. The summed E-state index contributed by atoms with van der Waals surface area (Å²) in [6, 6.07) is 3.34. The minimum atomic E-state index is -0.209. The summed E-state index contributed by atoms with van der Waals surface area (Å²) >= 11 is 1.36. The van der Waals surface area contributed by atoms with E-state index in [0.717, 1.165) is 5.56 Å². The number of ether oxygens (including phenoxy) is 1. The molecule has 0 atom stereocenters. The van der Waals surface area contributed by atoms with Gasteiger partial charge in [0.05, 0.1) is 12.0 Å². The molecule has 0 saturated carbocycles. The van der Waals surface area contributed by atoms with Gasteiger partial charge in [0, 0.05) is 0 Å². The van der Waals surface area contributed by atoms with Crippen LogP contribution in [0.15, 0.2) is 17.0 Å². The number of aryl methyl sites for hydroxylation is 1. The SMILES string of the molecule is COc1cc(C)cc(F)c1SC. The van der Waals surface area contributed by atoms with E-state index in [0.29, 0.717) is 10.6 Å². The molecule has 1 nitrogen and oxygen atoms in total. The van der Waals surface area contributed by atoms with Crippen LogP contribution in [0.3, 0.4) is 0 Å². The molecule has 0 radical (unpaired) electrons. The molecule has 12 heavy (non-hydrogen) atoms. The van der Waals surface area contributed by atoms with Gasteiger partial charge in [-0.2, -0.15) is 0 Å².